The Kier molecular flexibility index (Phi) is 4.97. The number of rotatable bonds is 5. The molecule has 0 radical (unpaired) electrons. The van der Waals surface area contributed by atoms with Gasteiger partial charge in [0.25, 0.3) is 5.91 Å². The van der Waals surface area contributed by atoms with Crippen molar-refractivity contribution in [2.45, 2.75) is 19.4 Å². The van der Waals surface area contributed by atoms with E-state index in [2.05, 4.69) is 0 Å². The van der Waals surface area contributed by atoms with Crippen molar-refractivity contribution in [3.63, 3.8) is 0 Å². The van der Waals surface area contributed by atoms with Crippen LogP contribution in [0.4, 0.5) is 5.69 Å². The molecule has 94 valence electrons. The third-order valence-corrected chi connectivity index (χ3v) is 2.58. The Balaban J connectivity index is 2.38. The lowest BCUT2D eigenvalue weighted by Gasteiger charge is -2.17. The van der Waals surface area contributed by atoms with Crippen LogP contribution in [0.15, 0.2) is 24.3 Å². The highest BCUT2D eigenvalue weighted by molar-refractivity contribution is 5.79. The van der Waals surface area contributed by atoms with Gasteiger partial charge in [-0.2, -0.15) is 0 Å². The van der Waals surface area contributed by atoms with Gasteiger partial charge in [-0.15, -0.1) is 0 Å². The first-order valence-corrected chi connectivity index (χ1v) is 5.68. The molecular formula is C13H20N2O2. The van der Waals surface area contributed by atoms with Crippen molar-refractivity contribution in [1.82, 2.24) is 4.90 Å². The molecule has 4 heteroatoms. The molecule has 0 aliphatic rings. The van der Waals surface area contributed by atoms with Crippen molar-refractivity contribution in [2.24, 2.45) is 0 Å². The number of carbonyl (C=O) groups excluding carboxylic acids is 1. The molecule has 0 saturated carbocycles. The van der Waals surface area contributed by atoms with Crippen LogP contribution >= 0.6 is 0 Å². The van der Waals surface area contributed by atoms with E-state index in [4.69, 9.17) is 10.5 Å². The van der Waals surface area contributed by atoms with Gasteiger partial charge in [0.15, 0.2) is 0 Å². The third kappa shape index (κ3) is 4.07. The molecule has 2 N–H and O–H groups in total. The first kappa shape index (κ1) is 13.5. The zero-order chi connectivity index (χ0) is 12.8. The molecule has 1 aromatic rings. The topological polar surface area (TPSA) is 55.6 Å². The zero-order valence-corrected chi connectivity index (χ0v) is 10.6. The lowest BCUT2D eigenvalue weighted by atomic mass is 10.1. The first-order valence-electron chi connectivity index (χ1n) is 5.68. The van der Waals surface area contributed by atoms with Crippen LogP contribution in [0.5, 0.6) is 0 Å². The van der Waals surface area contributed by atoms with Crippen LogP contribution in [0, 0.1) is 0 Å². The quantitative estimate of drug-likeness (QED) is 0.784. The molecule has 0 saturated heterocycles. The Morgan fingerprint density at radius 1 is 1.41 bits per heavy atom. The molecule has 0 heterocycles. The van der Waals surface area contributed by atoms with Gasteiger partial charge in [-0.05, 0) is 25.0 Å². The number of para-hydroxylation sites is 1. The van der Waals surface area contributed by atoms with E-state index in [0.29, 0.717) is 6.61 Å². The zero-order valence-electron chi connectivity index (χ0n) is 10.6. The normalized spacial score (nSPS) is 12.2. The number of hydrogen-bond acceptors (Lipinski definition) is 3. The molecule has 1 atom stereocenters. The van der Waals surface area contributed by atoms with E-state index < -0.39 is 6.10 Å². The molecule has 0 spiro atoms. The van der Waals surface area contributed by atoms with E-state index in [0.717, 1.165) is 17.7 Å². The van der Waals surface area contributed by atoms with Crippen molar-refractivity contribution in [1.29, 1.82) is 0 Å². The fourth-order valence-corrected chi connectivity index (χ4v) is 1.54. The van der Waals surface area contributed by atoms with Crippen LogP contribution in [0.1, 0.15) is 12.5 Å². The lowest BCUT2D eigenvalue weighted by Crippen LogP contribution is -2.33. The molecule has 0 aliphatic heterocycles. The summed E-state index contributed by atoms with van der Waals surface area (Å²) in [6, 6.07) is 7.68. The van der Waals surface area contributed by atoms with Gasteiger partial charge in [0.2, 0.25) is 0 Å². The average molecular weight is 236 g/mol. The van der Waals surface area contributed by atoms with Crippen LogP contribution in [-0.2, 0) is 16.0 Å². The van der Waals surface area contributed by atoms with Crippen LogP contribution in [0.2, 0.25) is 0 Å². The highest BCUT2D eigenvalue weighted by Gasteiger charge is 2.14. The molecule has 1 aromatic carbocycles. The van der Waals surface area contributed by atoms with Gasteiger partial charge in [-0.3, -0.25) is 4.79 Å². The van der Waals surface area contributed by atoms with E-state index in [1.807, 2.05) is 24.3 Å². The molecule has 1 amide bonds. The van der Waals surface area contributed by atoms with Gasteiger partial charge in [-0.1, -0.05) is 18.2 Å². The molecule has 17 heavy (non-hydrogen) atoms. The highest BCUT2D eigenvalue weighted by atomic mass is 16.5. The molecule has 0 bridgehead atoms. The Labute approximate surface area is 102 Å². The third-order valence-electron chi connectivity index (χ3n) is 2.58. The molecule has 0 fully saturated rings. The maximum absolute atomic E-state index is 11.5. The summed E-state index contributed by atoms with van der Waals surface area (Å²) in [5.74, 6) is -0.0222. The Bertz CT molecular complexity index is 377. The summed E-state index contributed by atoms with van der Waals surface area (Å²) in [6.45, 7) is 2.26. The van der Waals surface area contributed by atoms with E-state index in [9.17, 15) is 4.79 Å². The minimum atomic E-state index is -0.407. The summed E-state index contributed by atoms with van der Waals surface area (Å²) in [5, 5.41) is 0. The molecule has 1 unspecified atom stereocenters. The van der Waals surface area contributed by atoms with E-state index in [-0.39, 0.29) is 5.91 Å². The van der Waals surface area contributed by atoms with Crippen molar-refractivity contribution < 1.29 is 9.53 Å². The minimum Gasteiger partial charge on any atom is -0.399 e. The van der Waals surface area contributed by atoms with Crippen LogP contribution in [0.3, 0.4) is 0 Å². The fraction of sp³-hybridized carbons (Fsp3) is 0.462. The van der Waals surface area contributed by atoms with Gasteiger partial charge in [0.05, 0.1) is 6.61 Å². The lowest BCUT2D eigenvalue weighted by molar-refractivity contribution is -0.139. The van der Waals surface area contributed by atoms with E-state index >= 15 is 0 Å². The monoisotopic (exact) mass is 236 g/mol. The van der Waals surface area contributed by atoms with Crippen molar-refractivity contribution in [3.05, 3.63) is 29.8 Å². The maximum Gasteiger partial charge on any atom is 0.250 e. The van der Waals surface area contributed by atoms with Gasteiger partial charge >= 0.3 is 0 Å². The molecule has 0 aromatic heterocycles. The number of anilines is 1. The summed E-state index contributed by atoms with van der Waals surface area (Å²) in [7, 11) is 3.44. The number of benzene rings is 1. The predicted octanol–water partition coefficient (Wildman–Crippen LogP) is 1.30. The smallest absolute Gasteiger partial charge is 0.250 e. The number of hydrogen-bond donors (Lipinski definition) is 1. The van der Waals surface area contributed by atoms with Gasteiger partial charge in [-0.25, -0.2) is 0 Å². The maximum atomic E-state index is 11.5. The number of likely N-dealkylation sites (N-methyl/N-ethyl adjacent to an activating group) is 1. The number of ether oxygens (including phenoxy) is 1. The van der Waals surface area contributed by atoms with Crippen LogP contribution in [0.25, 0.3) is 0 Å². The second kappa shape index (κ2) is 6.25. The fourth-order valence-electron chi connectivity index (χ4n) is 1.54. The van der Waals surface area contributed by atoms with Crippen molar-refractivity contribution in [2.75, 3.05) is 26.4 Å². The molecular weight excluding hydrogens is 216 g/mol. The SMILES string of the molecule is CC(OCCc1ccccc1N)C(=O)N(C)C. The summed E-state index contributed by atoms with van der Waals surface area (Å²) < 4.78 is 5.48. The van der Waals surface area contributed by atoms with Gasteiger partial charge in [0, 0.05) is 19.8 Å². The standard InChI is InChI=1S/C13H20N2O2/c1-10(13(16)15(2)3)17-9-8-11-6-4-5-7-12(11)14/h4-7,10H,8-9,14H2,1-3H3. The number of nitrogen functional groups attached to an aromatic ring is 1. The van der Waals surface area contributed by atoms with Crippen molar-refractivity contribution >= 4 is 11.6 Å². The van der Waals surface area contributed by atoms with Gasteiger partial charge in [0.1, 0.15) is 6.10 Å². The summed E-state index contributed by atoms with van der Waals surface area (Å²) in [4.78, 5) is 13.1. The first-order chi connectivity index (χ1) is 8.02. The second-order valence-corrected chi connectivity index (χ2v) is 4.19. The minimum absolute atomic E-state index is 0.0222. The van der Waals surface area contributed by atoms with Crippen LogP contribution < -0.4 is 5.73 Å². The molecule has 0 aliphatic carbocycles. The summed E-state index contributed by atoms with van der Waals surface area (Å²) in [5.41, 5.74) is 7.63. The molecule has 4 nitrogen and oxygen atoms in total. The van der Waals surface area contributed by atoms with Crippen LogP contribution in [-0.4, -0.2) is 37.6 Å². The number of carbonyl (C=O) groups is 1. The van der Waals surface area contributed by atoms with Gasteiger partial charge < -0.3 is 15.4 Å². The predicted molar refractivity (Wildman–Crippen MR) is 68.7 cm³/mol. The Morgan fingerprint density at radius 2 is 2.06 bits per heavy atom. The number of amides is 1. The van der Waals surface area contributed by atoms with E-state index in [1.165, 1.54) is 4.90 Å². The summed E-state index contributed by atoms with van der Waals surface area (Å²) in [6.07, 6.45) is 0.312. The largest absolute Gasteiger partial charge is 0.399 e. The van der Waals surface area contributed by atoms with Crippen molar-refractivity contribution in [3.8, 4) is 0 Å². The summed E-state index contributed by atoms with van der Waals surface area (Å²) >= 11 is 0. The number of nitrogens with two attached hydrogens (primary N) is 1. The number of nitrogens with zero attached hydrogens (tertiary/aromatic N) is 1. The Morgan fingerprint density at radius 3 is 2.65 bits per heavy atom. The Hall–Kier alpha value is -1.55. The highest BCUT2D eigenvalue weighted by Crippen LogP contribution is 2.11. The van der Waals surface area contributed by atoms with E-state index in [1.54, 1.807) is 21.0 Å². The molecule has 1 rings (SSSR count). The second-order valence-electron chi connectivity index (χ2n) is 4.19. The average Bonchev–Trinajstić information content (AvgIpc) is 2.30.